The lowest BCUT2D eigenvalue weighted by atomic mass is 9.98. The van der Waals surface area contributed by atoms with E-state index >= 15 is 0 Å². The third-order valence-electron chi connectivity index (χ3n) is 3.90. The van der Waals surface area contributed by atoms with E-state index in [1.165, 1.54) is 0 Å². The van der Waals surface area contributed by atoms with Crippen molar-refractivity contribution < 1.29 is 24.2 Å². The minimum absolute atomic E-state index is 0.231. The number of amides is 1. The Kier molecular flexibility index (Phi) is 5.76. The van der Waals surface area contributed by atoms with Gasteiger partial charge >= 0.3 is 5.97 Å². The van der Waals surface area contributed by atoms with Crippen molar-refractivity contribution in [3.8, 4) is 11.5 Å². The van der Waals surface area contributed by atoms with Crippen molar-refractivity contribution in [3.63, 3.8) is 0 Å². The Labute approximate surface area is 139 Å². The Bertz CT molecular complexity index is 584. The molecule has 1 unspecified atom stereocenters. The molecule has 0 spiro atoms. The maximum Gasteiger partial charge on any atom is 0.330 e. The highest BCUT2D eigenvalue weighted by Gasteiger charge is 2.43. The zero-order chi connectivity index (χ0) is 16.9. The first-order valence-electron chi connectivity index (χ1n) is 7.34. The normalized spacial score (nSPS) is 20.1. The lowest BCUT2D eigenvalue weighted by molar-refractivity contribution is -0.146. The minimum atomic E-state index is -1.11. The molecule has 0 aliphatic carbocycles. The van der Waals surface area contributed by atoms with E-state index in [2.05, 4.69) is 5.32 Å². The first-order chi connectivity index (χ1) is 11.0. The molecule has 0 aromatic heterocycles. The summed E-state index contributed by atoms with van der Waals surface area (Å²) in [6.45, 7) is 0. The van der Waals surface area contributed by atoms with E-state index in [4.69, 9.17) is 9.47 Å². The van der Waals surface area contributed by atoms with E-state index in [-0.39, 0.29) is 12.3 Å². The van der Waals surface area contributed by atoms with Gasteiger partial charge in [-0.2, -0.15) is 11.8 Å². The van der Waals surface area contributed by atoms with E-state index in [0.29, 0.717) is 30.1 Å². The van der Waals surface area contributed by atoms with E-state index < -0.39 is 11.5 Å². The van der Waals surface area contributed by atoms with Crippen molar-refractivity contribution in [1.82, 2.24) is 5.32 Å². The quantitative estimate of drug-likeness (QED) is 0.787. The lowest BCUT2D eigenvalue weighted by Gasteiger charge is -2.24. The Morgan fingerprint density at radius 1 is 1.30 bits per heavy atom. The van der Waals surface area contributed by atoms with Gasteiger partial charge in [0.1, 0.15) is 5.54 Å². The predicted molar refractivity (Wildman–Crippen MR) is 88.3 cm³/mol. The van der Waals surface area contributed by atoms with Crippen LogP contribution in [-0.4, -0.2) is 48.2 Å². The van der Waals surface area contributed by atoms with E-state index in [9.17, 15) is 14.7 Å². The number of methoxy groups -OCH3 is 2. The maximum absolute atomic E-state index is 12.1. The first kappa shape index (κ1) is 17.5. The van der Waals surface area contributed by atoms with Crippen LogP contribution in [0.1, 0.15) is 18.4 Å². The molecule has 1 aromatic rings. The van der Waals surface area contributed by atoms with E-state index in [0.717, 1.165) is 11.3 Å². The summed E-state index contributed by atoms with van der Waals surface area (Å²) in [5, 5.41) is 12.1. The maximum atomic E-state index is 12.1. The van der Waals surface area contributed by atoms with Gasteiger partial charge in [0.2, 0.25) is 5.91 Å². The number of thioether (sulfide) groups is 1. The van der Waals surface area contributed by atoms with Gasteiger partial charge in [0, 0.05) is 12.2 Å². The second-order valence-electron chi connectivity index (χ2n) is 5.43. The number of ether oxygens (including phenoxy) is 2. The van der Waals surface area contributed by atoms with Crippen LogP contribution in [0.5, 0.6) is 11.5 Å². The number of aryl methyl sites for hydroxylation is 1. The fraction of sp³-hybridized carbons (Fsp3) is 0.500. The summed E-state index contributed by atoms with van der Waals surface area (Å²) in [5.41, 5.74) is -0.178. The Hall–Kier alpha value is -1.89. The summed E-state index contributed by atoms with van der Waals surface area (Å²) >= 11 is 1.55. The van der Waals surface area contributed by atoms with Crippen molar-refractivity contribution in [2.24, 2.45) is 0 Å². The van der Waals surface area contributed by atoms with Crippen LogP contribution in [0.25, 0.3) is 0 Å². The summed E-state index contributed by atoms with van der Waals surface area (Å²) in [4.78, 5) is 23.5. The monoisotopic (exact) mass is 339 g/mol. The van der Waals surface area contributed by atoms with Gasteiger partial charge in [-0.25, -0.2) is 4.79 Å². The third kappa shape index (κ3) is 4.10. The van der Waals surface area contributed by atoms with E-state index in [1.807, 2.05) is 12.1 Å². The molecule has 1 aromatic carbocycles. The van der Waals surface area contributed by atoms with Gasteiger partial charge in [0.25, 0.3) is 0 Å². The summed E-state index contributed by atoms with van der Waals surface area (Å²) in [7, 11) is 3.12. The molecular weight excluding hydrogens is 318 g/mol. The molecule has 2 N–H and O–H groups in total. The van der Waals surface area contributed by atoms with Crippen LogP contribution in [0.15, 0.2) is 18.2 Å². The highest BCUT2D eigenvalue weighted by molar-refractivity contribution is 7.99. The molecule has 1 amide bonds. The SMILES string of the molecule is COc1ccc(CCC(=O)NC2(C(=O)O)CCSC2)cc1OC. The molecule has 1 atom stereocenters. The molecule has 1 aliphatic heterocycles. The van der Waals surface area contributed by atoms with Gasteiger partial charge in [-0.15, -0.1) is 0 Å². The largest absolute Gasteiger partial charge is 0.493 e. The summed E-state index contributed by atoms with van der Waals surface area (Å²) < 4.78 is 10.4. The molecule has 2 rings (SSSR count). The van der Waals surface area contributed by atoms with Gasteiger partial charge in [-0.3, -0.25) is 4.79 Å². The molecule has 1 saturated heterocycles. The summed E-state index contributed by atoms with van der Waals surface area (Å²) in [6, 6.07) is 5.48. The number of rotatable bonds is 7. The molecule has 6 nitrogen and oxygen atoms in total. The van der Waals surface area contributed by atoms with Gasteiger partial charge in [-0.1, -0.05) is 6.07 Å². The number of aliphatic carboxylic acids is 1. The zero-order valence-corrected chi connectivity index (χ0v) is 14.1. The molecule has 0 saturated carbocycles. The zero-order valence-electron chi connectivity index (χ0n) is 13.3. The smallest absolute Gasteiger partial charge is 0.330 e. The highest BCUT2D eigenvalue weighted by Crippen LogP contribution is 2.29. The van der Waals surface area contributed by atoms with Crippen LogP contribution in [0.3, 0.4) is 0 Å². The van der Waals surface area contributed by atoms with Crippen LogP contribution in [-0.2, 0) is 16.0 Å². The molecule has 1 fully saturated rings. The molecular formula is C16H21NO5S. The number of carboxylic acids is 1. The topological polar surface area (TPSA) is 84.9 Å². The highest BCUT2D eigenvalue weighted by atomic mass is 32.2. The minimum Gasteiger partial charge on any atom is -0.493 e. The molecule has 0 bridgehead atoms. The Morgan fingerprint density at radius 2 is 2.04 bits per heavy atom. The van der Waals surface area contributed by atoms with Crippen molar-refractivity contribution in [1.29, 1.82) is 0 Å². The van der Waals surface area contributed by atoms with E-state index in [1.54, 1.807) is 32.0 Å². The van der Waals surface area contributed by atoms with Crippen molar-refractivity contribution in [2.45, 2.75) is 24.8 Å². The molecule has 1 heterocycles. The third-order valence-corrected chi connectivity index (χ3v) is 5.09. The predicted octanol–water partition coefficient (Wildman–Crippen LogP) is 1.71. The van der Waals surface area contributed by atoms with Gasteiger partial charge in [-0.05, 0) is 36.3 Å². The van der Waals surface area contributed by atoms with Gasteiger partial charge in [0.15, 0.2) is 11.5 Å². The van der Waals surface area contributed by atoms with Crippen LogP contribution in [0.4, 0.5) is 0 Å². The van der Waals surface area contributed by atoms with Crippen molar-refractivity contribution >= 4 is 23.6 Å². The number of carbonyl (C=O) groups is 2. The van der Waals surface area contributed by atoms with Crippen LogP contribution < -0.4 is 14.8 Å². The van der Waals surface area contributed by atoms with Crippen molar-refractivity contribution in [3.05, 3.63) is 23.8 Å². The van der Waals surface area contributed by atoms with Gasteiger partial charge < -0.3 is 19.9 Å². The molecule has 0 radical (unpaired) electrons. The molecule has 1 aliphatic rings. The summed E-state index contributed by atoms with van der Waals surface area (Å²) in [5.74, 6) is 1.21. The standard InChI is InChI=1S/C16H21NO5S/c1-21-12-5-3-11(9-13(12)22-2)4-6-14(18)17-16(15(19)20)7-8-23-10-16/h3,5,9H,4,6-8,10H2,1-2H3,(H,17,18)(H,19,20). The average molecular weight is 339 g/mol. The second kappa shape index (κ2) is 7.59. The van der Waals surface area contributed by atoms with Crippen LogP contribution >= 0.6 is 11.8 Å². The molecule has 7 heteroatoms. The Morgan fingerprint density at radius 3 is 2.61 bits per heavy atom. The number of hydrogen-bond donors (Lipinski definition) is 2. The lowest BCUT2D eigenvalue weighted by Crippen LogP contribution is -2.54. The first-order valence-corrected chi connectivity index (χ1v) is 8.49. The molecule has 23 heavy (non-hydrogen) atoms. The van der Waals surface area contributed by atoms with Crippen LogP contribution in [0, 0.1) is 0 Å². The number of hydrogen-bond acceptors (Lipinski definition) is 5. The Balaban J connectivity index is 1.95. The number of carbonyl (C=O) groups excluding carboxylic acids is 1. The number of nitrogens with one attached hydrogen (secondary N) is 1. The average Bonchev–Trinajstić information content (AvgIpc) is 3.02. The summed E-state index contributed by atoms with van der Waals surface area (Å²) in [6.07, 6.45) is 1.21. The second-order valence-corrected chi connectivity index (χ2v) is 6.53. The fourth-order valence-electron chi connectivity index (χ4n) is 2.51. The number of carboxylic acid groups (broad SMARTS) is 1. The van der Waals surface area contributed by atoms with Gasteiger partial charge in [0.05, 0.1) is 14.2 Å². The number of benzene rings is 1. The molecule has 126 valence electrons. The van der Waals surface area contributed by atoms with Crippen molar-refractivity contribution in [2.75, 3.05) is 25.7 Å². The fourth-order valence-corrected chi connectivity index (χ4v) is 3.83. The van der Waals surface area contributed by atoms with Crippen LogP contribution in [0.2, 0.25) is 0 Å².